The van der Waals surface area contributed by atoms with Crippen molar-refractivity contribution >= 4 is 22.5 Å². The summed E-state index contributed by atoms with van der Waals surface area (Å²) in [7, 11) is 1.60. The first-order chi connectivity index (χ1) is 11.6. The Kier molecular flexibility index (Phi) is 4.54. The number of nitrogens with zero attached hydrogens (tertiary/aromatic N) is 1. The third-order valence-electron chi connectivity index (χ3n) is 3.59. The molecule has 4 nitrogen and oxygen atoms in total. The number of aromatic nitrogens is 1. The standard InChI is InChI=1S/C18H13FN2O2S/c1-23-12-5-2-4-11(8-12)10-24-18-13-6-3-7-15(19)16(13)14(9-20)17(22)21-18/h2-8H,10H2,1H3,(H,21,22). The van der Waals surface area contributed by atoms with Crippen LogP contribution in [-0.2, 0) is 5.75 Å². The molecule has 0 saturated heterocycles. The molecule has 2 aromatic carbocycles. The molecule has 3 aromatic rings. The Morgan fingerprint density at radius 1 is 1.29 bits per heavy atom. The average molecular weight is 340 g/mol. The minimum absolute atomic E-state index is 0.0666. The van der Waals surface area contributed by atoms with Crippen molar-refractivity contribution in [3.05, 3.63) is 69.8 Å². The zero-order valence-electron chi connectivity index (χ0n) is 12.8. The van der Waals surface area contributed by atoms with Crippen LogP contribution in [0, 0.1) is 17.1 Å². The smallest absolute Gasteiger partial charge is 0.267 e. The second-order valence-corrected chi connectivity index (χ2v) is 6.06. The van der Waals surface area contributed by atoms with Gasteiger partial charge in [0.25, 0.3) is 5.56 Å². The Morgan fingerprint density at radius 3 is 2.83 bits per heavy atom. The van der Waals surface area contributed by atoms with Gasteiger partial charge in [0.2, 0.25) is 0 Å². The van der Waals surface area contributed by atoms with Crippen LogP contribution in [0.15, 0.2) is 52.3 Å². The first-order valence-corrected chi connectivity index (χ1v) is 8.13. The maximum absolute atomic E-state index is 14.1. The molecule has 1 heterocycles. The van der Waals surface area contributed by atoms with Gasteiger partial charge in [-0.25, -0.2) is 4.39 Å². The zero-order chi connectivity index (χ0) is 17.1. The number of pyridine rings is 1. The number of nitriles is 1. The predicted molar refractivity (Wildman–Crippen MR) is 91.8 cm³/mol. The third-order valence-corrected chi connectivity index (χ3v) is 4.68. The molecule has 0 aliphatic rings. The minimum Gasteiger partial charge on any atom is -0.497 e. The number of H-pyrrole nitrogens is 1. The van der Waals surface area contributed by atoms with Crippen LogP contribution in [0.4, 0.5) is 4.39 Å². The van der Waals surface area contributed by atoms with E-state index in [2.05, 4.69) is 4.98 Å². The predicted octanol–water partition coefficient (Wildman–Crippen LogP) is 3.84. The number of benzene rings is 2. The number of fused-ring (bicyclic) bond motifs is 1. The molecule has 0 atom stereocenters. The van der Waals surface area contributed by atoms with Gasteiger partial charge in [-0.2, -0.15) is 5.26 Å². The lowest BCUT2D eigenvalue weighted by molar-refractivity contribution is 0.414. The van der Waals surface area contributed by atoms with E-state index in [1.807, 2.05) is 24.3 Å². The minimum atomic E-state index is -0.580. The van der Waals surface area contributed by atoms with Crippen molar-refractivity contribution in [1.29, 1.82) is 5.26 Å². The van der Waals surface area contributed by atoms with Gasteiger partial charge in [0.05, 0.1) is 12.1 Å². The molecular weight excluding hydrogens is 327 g/mol. The highest BCUT2D eigenvalue weighted by molar-refractivity contribution is 7.98. The van der Waals surface area contributed by atoms with E-state index in [-0.39, 0.29) is 10.9 Å². The van der Waals surface area contributed by atoms with E-state index >= 15 is 0 Å². The van der Waals surface area contributed by atoms with Crippen LogP contribution in [-0.4, -0.2) is 12.1 Å². The molecule has 0 spiro atoms. The van der Waals surface area contributed by atoms with Crippen LogP contribution >= 0.6 is 11.8 Å². The van der Waals surface area contributed by atoms with E-state index in [0.29, 0.717) is 16.2 Å². The van der Waals surface area contributed by atoms with Gasteiger partial charge in [-0.15, -0.1) is 11.8 Å². The highest BCUT2D eigenvalue weighted by atomic mass is 32.2. The molecular formula is C18H13FN2O2S. The van der Waals surface area contributed by atoms with Gasteiger partial charge < -0.3 is 9.72 Å². The van der Waals surface area contributed by atoms with Gasteiger partial charge in [-0.1, -0.05) is 24.3 Å². The van der Waals surface area contributed by atoms with E-state index < -0.39 is 11.4 Å². The molecule has 1 aromatic heterocycles. The molecule has 24 heavy (non-hydrogen) atoms. The number of thioether (sulfide) groups is 1. The number of rotatable bonds is 4. The van der Waals surface area contributed by atoms with Crippen molar-refractivity contribution in [3.8, 4) is 11.8 Å². The summed E-state index contributed by atoms with van der Waals surface area (Å²) in [5.41, 5.74) is 0.228. The van der Waals surface area contributed by atoms with Crippen LogP contribution in [0.1, 0.15) is 11.1 Å². The fraction of sp³-hybridized carbons (Fsp3) is 0.111. The SMILES string of the molecule is COc1cccc(CSc2[nH]c(=O)c(C#N)c3c(F)cccc23)c1. The summed E-state index contributed by atoms with van der Waals surface area (Å²) < 4.78 is 19.3. The highest BCUT2D eigenvalue weighted by Gasteiger charge is 2.14. The van der Waals surface area contributed by atoms with Gasteiger partial charge >= 0.3 is 0 Å². The Bertz CT molecular complexity index is 1010. The van der Waals surface area contributed by atoms with Crippen molar-refractivity contribution in [2.75, 3.05) is 7.11 Å². The Morgan fingerprint density at radius 2 is 2.08 bits per heavy atom. The number of hydrogen-bond donors (Lipinski definition) is 1. The molecule has 3 rings (SSSR count). The van der Waals surface area contributed by atoms with Gasteiger partial charge in [0.1, 0.15) is 23.2 Å². The molecule has 6 heteroatoms. The zero-order valence-corrected chi connectivity index (χ0v) is 13.6. The Hall–Kier alpha value is -2.78. The molecule has 120 valence electrons. The molecule has 1 N–H and O–H groups in total. The Balaban J connectivity index is 2.03. The van der Waals surface area contributed by atoms with Crippen LogP contribution in [0.5, 0.6) is 5.75 Å². The average Bonchev–Trinajstić information content (AvgIpc) is 2.60. The van der Waals surface area contributed by atoms with Crippen molar-refractivity contribution in [2.24, 2.45) is 0 Å². The van der Waals surface area contributed by atoms with Crippen LogP contribution in [0.3, 0.4) is 0 Å². The number of aromatic amines is 1. The summed E-state index contributed by atoms with van der Waals surface area (Å²) in [6.07, 6.45) is 0. The van der Waals surface area contributed by atoms with Crippen LogP contribution < -0.4 is 10.3 Å². The first-order valence-electron chi connectivity index (χ1n) is 7.14. The number of halogens is 1. The van der Waals surface area contributed by atoms with Crippen LogP contribution in [0.2, 0.25) is 0 Å². The van der Waals surface area contributed by atoms with Gasteiger partial charge in [-0.05, 0) is 23.8 Å². The van der Waals surface area contributed by atoms with Crippen molar-refractivity contribution < 1.29 is 9.13 Å². The third kappa shape index (κ3) is 2.99. The second kappa shape index (κ2) is 6.77. The van der Waals surface area contributed by atoms with E-state index in [4.69, 9.17) is 10.00 Å². The largest absolute Gasteiger partial charge is 0.497 e. The quantitative estimate of drug-likeness (QED) is 0.733. The fourth-order valence-electron chi connectivity index (χ4n) is 2.45. The molecule has 0 bridgehead atoms. The van der Waals surface area contributed by atoms with Crippen LogP contribution in [0.25, 0.3) is 10.8 Å². The molecule has 0 amide bonds. The summed E-state index contributed by atoms with van der Waals surface area (Å²) >= 11 is 1.38. The second-order valence-electron chi connectivity index (χ2n) is 5.07. The molecule has 0 fully saturated rings. The number of methoxy groups -OCH3 is 1. The lowest BCUT2D eigenvalue weighted by Gasteiger charge is -2.09. The van der Waals surface area contributed by atoms with E-state index in [0.717, 1.165) is 11.3 Å². The number of ether oxygens (including phenoxy) is 1. The summed E-state index contributed by atoms with van der Waals surface area (Å²) in [6.45, 7) is 0. The summed E-state index contributed by atoms with van der Waals surface area (Å²) in [6, 6.07) is 13.9. The molecule has 0 unspecified atom stereocenters. The lowest BCUT2D eigenvalue weighted by Crippen LogP contribution is -2.12. The van der Waals surface area contributed by atoms with Crippen molar-refractivity contribution in [1.82, 2.24) is 4.98 Å². The first kappa shape index (κ1) is 16.1. The molecule has 0 saturated carbocycles. The molecule has 0 radical (unpaired) electrons. The normalized spacial score (nSPS) is 10.5. The maximum Gasteiger partial charge on any atom is 0.267 e. The number of hydrogen-bond acceptors (Lipinski definition) is 4. The molecule has 0 aliphatic heterocycles. The highest BCUT2D eigenvalue weighted by Crippen LogP contribution is 2.30. The van der Waals surface area contributed by atoms with Crippen molar-refractivity contribution in [3.63, 3.8) is 0 Å². The fourth-order valence-corrected chi connectivity index (χ4v) is 3.43. The topological polar surface area (TPSA) is 65.9 Å². The summed E-state index contributed by atoms with van der Waals surface area (Å²) in [5, 5.41) is 10.3. The van der Waals surface area contributed by atoms with Crippen molar-refractivity contribution in [2.45, 2.75) is 10.8 Å². The number of nitrogens with one attached hydrogen (secondary N) is 1. The molecule has 0 aliphatic carbocycles. The summed E-state index contributed by atoms with van der Waals surface area (Å²) in [5.74, 6) is 0.751. The summed E-state index contributed by atoms with van der Waals surface area (Å²) in [4.78, 5) is 14.8. The Labute approximate surface area is 141 Å². The lowest BCUT2D eigenvalue weighted by atomic mass is 10.1. The van der Waals surface area contributed by atoms with E-state index in [1.165, 1.54) is 17.8 Å². The van der Waals surface area contributed by atoms with Gasteiger partial charge in [-0.3, -0.25) is 4.79 Å². The maximum atomic E-state index is 14.1. The van der Waals surface area contributed by atoms with E-state index in [1.54, 1.807) is 25.3 Å². The monoisotopic (exact) mass is 340 g/mol. The van der Waals surface area contributed by atoms with E-state index in [9.17, 15) is 9.18 Å². The van der Waals surface area contributed by atoms with Gasteiger partial charge in [0, 0.05) is 16.5 Å². The van der Waals surface area contributed by atoms with Gasteiger partial charge in [0.15, 0.2) is 0 Å².